The Kier molecular flexibility index (Phi) is 12.4. The number of rotatable bonds is 0. The molecule has 0 aliphatic heterocycles. The molecule has 84 valence electrons. The number of carbonyl (C=O) groups excluding carboxylic acids is 1. The summed E-state index contributed by atoms with van der Waals surface area (Å²) in [6.45, 7) is 2.00. The Hall–Kier alpha value is -0.330. The Morgan fingerprint density at radius 1 is 0.357 bits per heavy atom. The Morgan fingerprint density at radius 3 is 0.500 bits per heavy atom. The first kappa shape index (κ1) is 13.7. The van der Waals surface area contributed by atoms with Crippen LogP contribution in [0.1, 0.15) is 77.0 Å². The molecule has 0 aromatic rings. The summed E-state index contributed by atoms with van der Waals surface area (Å²) in [6, 6.07) is 0. The molecule has 1 heteroatoms. The summed E-state index contributed by atoms with van der Waals surface area (Å²) in [5.74, 6) is 0. The zero-order valence-electron chi connectivity index (χ0n) is 9.60. The van der Waals surface area contributed by atoms with Crippen LogP contribution in [0.3, 0.4) is 0 Å². The maximum atomic E-state index is 8.00. The lowest BCUT2D eigenvalue weighted by molar-refractivity contribution is -0.0979. The van der Waals surface area contributed by atoms with Gasteiger partial charge in [0.2, 0.25) is 0 Å². The summed E-state index contributed by atoms with van der Waals surface area (Å²) >= 11 is 0. The van der Waals surface area contributed by atoms with Crippen LogP contribution in [-0.2, 0) is 4.79 Å². The first-order valence-electron chi connectivity index (χ1n) is 6.29. The molecule has 1 aliphatic carbocycles. The summed E-state index contributed by atoms with van der Waals surface area (Å²) in [5.41, 5.74) is 0. The third kappa shape index (κ3) is 9.76. The van der Waals surface area contributed by atoms with Crippen molar-refractivity contribution >= 4 is 6.79 Å². The van der Waals surface area contributed by atoms with Gasteiger partial charge >= 0.3 is 0 Å². The zero-order chi connectivity index (χ0) is 10.5. The molecular weight excluding hydrogens is 172 g/mol. The fraction of sp³-hybridized carbons (Fsp3) is 0.923. The predicted molar refractivity (Wildman–Crippen MR) is 62.5 cm³/mol. The third-order valence-electron chi connectivity index (χ3n) is 3.00. The van der Waals surface area contributed by atoms with Crippen molar-refractivity contribution < 1.29 is 4.79 Å². The van der Waals surface area contributed by atoms with Gasteiger partial charge in [-0.15, -0.1) is 0 Å². The van der Waals surface area contributed by atoms with Crippen LogP contribution < -0.4 is 0 Å². The Bertz CT molecular complexity index is 58.4. The molecule has 1 nitrogen and oxygen atoms in total. The molecule has 0 N–H and O–H groups in total. The average molecular weight is 198 g/mol. The summed E-state index contributed by atoms with van der Waals surface area (Å²) < 4.78 is 0. The van der Waals surface area contributed by atoms with E-state index in [-0.39, 0.29) is 0 Å². The van der Waals surface area contributed by atoms with Crippen molar-refractivity contribution in [2.45, 2.75) is 77.0 Å². The van der Waals surface area contributed by atoms with Gasteiger partial charge in [0.05, 0.1) is 0 Å². The van der Waals surface area contributed by atoms with Crippen LogP contribution in [-0.4, -0.2) is 6.79 Å². The zero-order valence-corrected chi connectivity index (χ0v) is 9.60. The van der Waals surface area contributed by atoms with Gasteiger partial charge in [0, 0.05) is 0 Å². The van der Waals surface area contributed by atoms with Crippen molar-refractivity contribution in [3.05, 3.63) is 0 Å². The molecule has 0 radical (unpaired) electrons. The molecular formula is C13H26O. The summed E-state index contributed by atoms with van der Waals surface area (Å²) in [6.07, 6.45) is 18.0. The molecule has 1 rings (SSSR count). The number of carbonyl (C=O) groups is 1. The second-order valence-corrected chi connectivity index (χ2v) is 4.24. The molecule has 1 fully saturated rings. The van der Waals surface area contributed by atoms with Gasteiger partial charge in [0.25, 0.3) is 0 Å². The third-order valence-corrected chi connectivity index (χ3v) is 3.00. The SMILES string of the molecule is C1CCCCCCCCCCC1.C=O. The molecule has 0 atom stereocenters. The minimum atomic E-state index is 1.50. The van der Waals surface area contributed by atoms with Crippen LogP contribution >= 0.6 is 0 Å². The van der Waals surface area contributed by atoms with E-state index in [1.807, 2.05) is 6.79 Å². The fourth-order valence-corrected chi connectivity index (χ4v) is 2.12. The molecule has 0 saturated heterocycles. The molecule has 1 aliphatic rings. The van der Waals surface area contributed by atoms with Gasteiger partial charge in [-0.25, -0.2) is 0 Å². The van der Waals surface area contributed by atoms with Gasteiger partial charge in [-0.2, -0.15) is 0 Å². The number of hydrogen-bond donors (Lipinski definition) is 0. The minimum Gasteiger partial charge on any atom is -0.307 e. The summed E-state index contributed by atoms with van der Waals surface area (Å²) in [7, 11) is 0. The lowest BCUT2D eigenvalue weighted by Crippen LogP contribution is -1.85. The van der Waals surface area contributed by atoms with E-state index >= 15 is 0 Å². The van der Waals surface area contributed by atoms with Crippen LogP contribution in [0, 0.1) is 0 Å². The van der Waals surface area contributed by atoms with Crippen molar-refractivity contribution in [1.82, 2.24) is 0 Å². The van der Waals surface area contributed by atoms with Crippen LogP contribution in [0.25, 0.3) is 0 Å². The second kappa shape index (κ2) is 12.7. The molecule has 0 bridgehead atoms. The molecule has 1 saturated carbocycles. The highest BCUT2D eigenvalue weighted by Gasteiger charge is 1.96. The van der Waals surface area contributed by atoms with Crippen molar-refractivity contribution in [3.63, 3.8) is 0 Å². The maximum Gasteiger partial charge on any atom is 0.106 e. The Morgan fingerprint density at radius 2 is 0.429 bits per heavy atom. The molecule has 0 unspecified atom stereocenters. The van der Waals surface area contributed by atoms with E-state index in [0.717, 1.165) is 0 Å². The van der Waals surface area contributed by atoms with Crippen LogP contribution in [0.5, 0.6) is 0 Å². The van der Waals surface area contributed by atoms with E-state index in [0.29, 0.717) is 0 Å². The summed E-state index contributed by atoms with van der Waals surface area (Å²) in [5, 5.41) is 0. The lowest BCUT2D eigenvalue weighted by atomic mass is 10.0. The van der Waals surface area contributed by atoms with Gasteiger partial charge < -0.3 is 4.79 Å². The van der Waals surface area contributed by atoms with Crippen LogP contribution in [0.2, 0.25) is 0 Å². The molecule has 0 aromatic carbocycles. The summed E-state index contributed by atoms with van der Waals surface area (Å²) in [4.78, 5) is 8.00. The second-order valence-electron chi connectivity index (χ2n) is 4.24. The van der Waals surface area contributed by atoms with E-state index < -0.39 is 0 Å². The average Bonchev–Trinajstić information content (AvgIpc) is 2.22. The first-order valence-corrected chi connectivity index (χ1v) is 6.29. The highest BCUT2D eigenvalue weighted by molar-refractivity contribution is 5.10. The Labute approximate surface area is 89.3 Å². The van der Waals surface area contributed by atoms with Gasteiger partial charge in [-0.05, 0) is 0 Å². The van der Waals surface area contributed by atoms with Gasteiger partial charge in [-0.3, -0.25) is 0 Å². The van der Waals surface area contributed by atoms with E-state index in [1.54, 1.807) is 0 Å². The van der Waals surface area contributed by atoms with E-state index in [1.165, 1.54) is 77.0 Å². The van der Waals surface area contributed by atoms with Crippen molar-refractivity contribution in [3.8, 4) is 0 Å². The van der Waals surface area contributed by atoms with Gasteiger partial charge in [-0.1, -0.05) is 77.0 Å². The first-order chi connectivity index (χ1) is 7.00. The van der Waals surface area contributed by atoms with Crippen LogP contribution in [0.4, 0.5) is 0 Å². The highest BCUT2D eigenvalue weighted by Crippen LogP contribution is 2.15. The van der Waals surface area contributed by atoms with Gasteiger partial charge in [0.1, 0.15) is 6.79 Å². The van der Waals surface area contributed by atoms with Crippen molar-refractivity contribution in [2.75, 3.05) is 0 Å². The molecule has 0 aromatic heterocycles. The quantitative estimate of drug-likeness (QED) is 0.560. The van der Waals surface area contributed by atoms with E-state index in [2.05, 4.69) is 0 Å². The van der Waals surface area contributed by atoms with Crippen molar-refractivity contribution in [1.29, 1.82) is 0 Å². The normalized spacial score (nSPS) is 20.9. The monoisotopic (exact) mass is 198 g/mol. The van der Waals surface area contributed by atoms with Crippen LogP contribution in [0.15, 0.2) is 0 Å². The molecule has 0 amide bonds. The van der Waals surface area contributed by atoms with Gasteiger partial charge in [0.15, 0.2) is 0 Å². The standard InChI is InChI=1S/C12H24.CH2O/c1-2-4-6-8-10-12-11-9-7-5-3-1;1-2/h1-12H2;1H2. The Balaban J connectivity index is 0.000000791. The van der Waals surface area contributed by atoms with Crippen molar-refractivity contribution in [2.24, 2.45) is 0 Å². The molecule has 0 spiro atoms. The maximum absolute atomic E-state index is 8.00. The minimum absolute atomic E-state index is 1.50. The largest absolute Gasteiger partial charge is 0.307 e. The van der Waals surface area contributed by atoms with E-state index in [9.17, 15) is 0 Å². The molecule has 14 heavy (non-hydrogen) atoms. The lowest BCUT2D eigenvalue weighted by Gasteiger charge is -2.05. The van der Waals surface area contributed by atoms with E-state index in [4.69, 9.17) is 4.79 Å². The number of hydrogen-bond acceptors (Lipinski definition) is 1. The fourth-order valence-electron chi connectivity index (χ4n) is 2.12. The molecule has 0 heterocycles. The smallest absolute Gasteiger partial charge is 0.106 e. The highest BCUT2D eigenvalue weighted by atomic mass is 16.1. The predicted octanol–water partition coefficient (Wildman–Crippen LogP) is 4.50. The topological polar surface area (TPSA) is 17.1 Å².